The minimum absolute atomic E-state index is 0.0528. The number of rotatable bonds is 4. The Labute approximate surface area is 140 Å². The van der Waals surface area contributed by atoms with Crippen LogP contribution in [0.4, 0.5) is 0 Å². The monoisotopic (exact) mass is 318 g/mol. The lowest BCUT2D eigenvalue weighted by atomic mass is 10.1. The van der Waals surface area contributed by atoms with Crippen molar-refractivity contribution in [1.29, 1.82) is 0 Å². The lowest BCUT2D eigenvalue weighted by Gasteiger charge is -2.06. The molecule has 0 radical (unpaired) electrons. The van der Waals surface area contributed by atoms with E-state index in [1.807, 2.05) is 61.9 Å². The SMILES string of the molecule is Cn1cc([C@H]2C[C@H]2C(=O)Oc2ccc(-c3ccccc3)cc2)cn1. The first-order valence-electron chi connectivity index (χ1n) is 8.06. The third-order valence-corrected chi connectivity index (χ3v) is 4.43. The van der Waals surface area contributed by atoms with Crippen LogP contribution >= 0.6 is 0 Å². The molecular weight excluding hydrogens is 300 g/mol. The minimum atomic E-state index is -0.156. The maximum absolute atomic E-state index is 12.3. The van der Waals surface area contributed by atoms with E-state index in [9.17, 15) is 4.79 Å². The highest BCUT2D eigenvalue weighted by atomic mass is 16.5. The second-order valence-corrected chi connectivity index (χ2v) is 6.21. The van der Waals surface area contributed by atoms with Crippen molar-refractivity contribution in [1.82, 2.24) is 9.78 Å². The molecule has 24 heavy (non-hydrogen) atoms. The topological polar surface area (TPSA) is 44.1 Å². The Morgan fingerprint density at radius 3 is 2.46 bits per heavy atom. The molecule has 0 N–H and O–H groups in total. The molecule has 3 aromatic rings. The average molecular weight is 318 g/mol. The van der Waals surface area contributed by atoms with Crippen LogP contribution in [0.25, 0.3) is 11.1 Å². The van der Waals surface area contributed by atoms with Crippen LogP contribution in [0, 0.1) is 5.92 Å². The van der Waals surface area contributed by atoms with Crippen molar-refractivity contribution in [2.45, 2.75) is 12.3 Å². The number of benzene rings is 2. The van der Waals surface area contributed by atoms with Crippen LogP contribution in [0.3, 0.4) is 0 Å². The molecule has 0 spiro atoms. The van der Waals surface area contributed by atoms with E-state index in [4.69, 9.17) is 4.74 Å². The van der Waals surface area contributed by atoms with Gasteiger partial charge in [-0.2, -0.15) is 5.10 Å². The molecule has 1 aromatic heterocycles. The number of carbonyl (C=O) groups is 1. The van der Waals surface area contributed by atoms with Gasteiger partial charge in [-0.1, -0.05) is 42.5 Å². The van der Waals surface area contributed by atoms with Crippen LogP contribution in [0.1, 0.15) is 17.9 Å². The fraction of sp³-hybridized carbons (Fsp3) is 0.200. The normalized spacial score (nSPS) is 19.0. The maximum atomic E-state index is 12.3. The van der Waals surface area contributed by atoms with Gasteiger partial charge >= 0.3 is 5.97 Å². The summed E-state index contributed by atoms with van der Waals surface area (Å²) in [5.74, 6) is 0.630. The zero-order chi connectivity index (χ0) is 16.5. The maximum Gasteiger partial charge on any atom is 0.314 e. The molecule has 4 rings (SSSR count). The summed E-state index contributed by atoms with van der Waals surface area (Å²) in [5.41, 5.74) is 3.36. The fourth-order valence-corrected chi connectivity index (χ4v) is 2.99. The predicted molar refractivity (Wildman–Crippen MR) is 91.6 cm³/mol. The zero-order valence-electron chi connectivity index (χ0n) is 13.4. The van der Waals surface area contributed by atoms with Gasteiger partial charge in [-0.25, -0.2) is 0 Å². The Hall–Kier alpha value is -2.88. The molecule has 2 atom stereocenters. The lowest BCUT2D eigenvalue weighted by Crippen LogP contribution is -2.11. The molecule has 1 heterocycles. The summed E-state index contributed by atoms with van der Waals surface area (Å²) in [4.78, 5) is 12.3. The second-order valence-electron chi connectivity index (χ2n) is 6.21. The van der Waals surface area contributed by atoms with E-state index in [1.165, 1.54) is 0 Å². The zero-order valence-corrected chi connectivity index (χ0v) is 13.4. The number of ether oxygens (including phenoxy) is 1. The predicted octanol–water partition coefficient (Wildman–Crippen LogP) is 3.80. The number of carbonyl (C=O) groups excluding carboxylic acids is 1. The van der Waals surface area contributed by atoms with E-state index in [0.717, 1.165) is 23.1 Å². The van der Waals surface area contributed by atoms with E-state index in [0.29, 0.717) is 5.75 Å². The summed E-state index contributed by atoms with van der Waals surface area (Å²) >= 11 is 0. The smallest absolute Gasteiger partial charge is 0.314 e. The van der Waals surface area contributed by atoms with E-state index in [2.05, 4.69) is 17.2 Å². The highest BCUT2D eigenvalue weighted by molar-refractivity contribution is 5.79. The average Bonchev–Trinajstić information content (AvgIpc) is 3.31. The van der Waals surface area contributed by atoms with E-state index in [1.54, 1.807) is 4.68 Å². The van der Waals surface area contributed by atoms with Crippen molar-refractivity contribution >= 4 is 5.97 Å². The number of nitrogens with zero attached hydrogens (tertiary/aromatic N) is 2. The van der Waals surface area contributed by atoms with Crippen LogP contribution in [-0.2, 0) is 11.8 Å². The Morgan fingerprint density at radius 1 is 1.08 bits per heavy atom. The number of hydrogen-bond donors (Lipinski definition) is 0. The van der Waals surface area contributed by atoms with Crippen molar-refractivity contribution in [2.24, 2.45) is 13.0 Å². The Balaban J connectivity index is 1.40. The molecule has 1 aliphatic carbocycles. The molecule has 0 bridgehead atoms. The van der Waals surface area contributed by atoms with Crippen molar-refractivity contribution in [3.05, 3.63) is 72.6 Å². The number of esters is 1. The van der Waals surface area contributed by atoms with Crippen molar-refractivity contribution in [2.75, 3.05) is 0 Å². The number of hydrogen-bond acceptors (Lipinski definition) is 3. The summed E-state index contributed by atoms with van der Waals surface area (Å²) < 4.78 is 7.28. The van der Waals surface area contributed by atoms with E-state index < -0.39 is 0 Å². The molecule has 1 saturated carbocycles. The molecule has 0 saturated heterocycles. The highest BCUT2D eigenvalue weighted by Crippen LogP contribution is 2.48. The van der Waals surface area contributed by atoms with Crippen LogP contribution in [0.2, 0.25) is 0 Å². The molecule has 1 aliphatic rings. The van der Waals surface area contributed by atoms with Crippen LogP contribution in [0.15, 0.2) is 67.0 Å². The van der Waals surface area contributed by atoms with E-state index in [-0.39, 0.29) is 17.8 Å². The molecule has 0 aliphatic heterocycles. The molecule has 4 heteroatoms. The minimum Gasteiger partial charge on any atom is -0.426 e. The van der Waals surface area contributed by atoms with Gasteiger partial charge in [-0.3, -0.25) is 9.48 Å². The van der Waals surface area contributed by atoms with Gasteiger partial charge in [-0.15, -0.1) is 0 Å². The van der Waals surface area contributed by atoms with Crippen LogP contribution in [-0.4, -0.2) is 15.7 Å². The van der Waals surface area contributed by atoms with Gasteiger partial charge in [0, 0.05) is 19.2 Å². The number of aromatic nitrogens is 2. The van der Waals surface area contributed by atoms with Gasteiger partial charge in [0.2, 0.25) is 0 Å². The first-order valence-corrected chi connectivity index (χ1v) is 8.06. The second kappa shape index (κ2) is 5.96. The molecular formula is C20H18N2O2. The van der Waals surface area contributed by atoms with Gasteiger partial charge in [0.05, 0.1) is 12.1 Å². The Morgan fingerprint density at radius 2 is 1.79 bits per heavy atom. The standard InChI is InChI=1S/C20H18N2O2/c1-22-13-16(12-21-22)18-11-19(18)20(23)24-17-9-7-15(8-10-17)14-5-3-2-4-6-14/h2-10,12-13,18-19H,11H2,1H3/t18-,19-/m1/s1. The van der Waals surface area contributed by atoms with Gasteiger partial charge in [0.25, 0.3) is 0 Å². The van der Waals surface area contributed by atoms with Gasteiger partial charge in [0.15, 0.2) is 0 Å². The summed E-state index contributed by atoms with van der Waals surface area (Å²) in [6, 6.07) is 17.8. The first kappa shape index (κ1) is 14.7. The van der Waals surface area contributed by atoms with Gasteiger partial charge < -0.3 is 4.74 Å². The molecule has 120 valence electrons. The summed E-state index contributed by atoms with van der Waals surface area (Å²) in [6.45, 7) is 0. The third-order valence-electron chi connectivity index (χ3n) is 4.43. The van der Waals surface area contributed by atoms with Crippen LogP contribution in [0.5, 0.6) is 5.75 Å². The highest BCUT2D eigenvalue weighted by Gasteiger charge is 2.46. The van der Waals surface area contributed by atoms with Crippen molar-refractivity contribution in [3.8, 4) is 16.9 Å². The largest absolute Gasteiger partial charge is 0.426 e. The molecule has 2 aromatic carbocycles. The fourth-order valence-electron chi connectivity index (χ4n) is 2.99. The Bertz CT molecular complexity index is 853. The molecule has 1 fully saturated rings. The number of aryl methyl sites for hydroxylation is 1. The quantitative estimate of drug-likeness (QED) is 0.543. The summed E-state index contributed by atoms with van der Waals surface area (Å²) in [6.07, 6.45) is 4.63. The summed E-state index contributed by atoms with van der Waals surface area (Å²) in [5, 5.41) is 4.16. The van der Waals surface area contributed by atoms with Crippen molar-refractivity contribution in [3.63, 3.8) is 0 Å². The van der Waals surface area contributed by atoms with Gasteiger partial charge in [0.1, 0.15) is 5.75 Å². The van der Waals surface area contributed by atoms with Gasteiger partial charge in [-0.05, 0) is 35.2 Å². The third kappa shape index (κ3) is 2.95. The molecule has 4 nitrogen and oxygen atoms in total. The first-order chi connectivity index (χ1) is 11.7. The Kier molecular flexibility index (Phi) is 3.65. The molecule has 0 amide bonds. The van der Waals surface area contributed by atoms with Crippen molar-refractivity contribution < 1.29 is 9.53 Å². The van der Waals surface area contributed by atoms with Crippen LogP contribution < -0.4 is 4.74 Å². The molecule has 0 unspecified atom stereocenters. The van der Waals surface area contributed by atoms with E-state index >= 15 is 0 Å². The summed E-state index contributed by atoms with van der Waals surface area (Å²) in [7, 11) is 1.88. The lowest BCUT2D eigenvalue weighted by molar-refractivity contribution is -0.135.